The number of hydrogen-bond acceptors (Lipinski definition) is 6. The van der Waals surface area contributed by atoms with Gasteiger partial charge in [-0.1, -0.05) is 0 Å². The zero-order chi connectivity index (χ0) is 15.3. The molecule has 1 fully saturated rings. The molecule has 0 bridgehead atoms. The molecule has 7 heteroatoms. The van der Waals surface area contributed by atoms with Crippen LogP contribution in [0.1, 0.15) is 24.3 Å². The number of hydrogen-bond donors (Lipinski definition) is 0. The molecule has 0 aliphatic carbocycles. The molecule has 0 unspecified atom stereocenters. The van der Waals surface area contributed by atoms with Gasteiger partial charge in [0.05, 0.1) is 35.6 Å². The Kier molecular flexibility index (Phi) is 3.52. The van der Waals surface area contributed by atoms with Crippen molar-refractivity contribution in [2.75, 3.05) is 37.8 Å². The Morgan fingerprint density at radius 1 is 1.18 bits per heavy atom. The summed E-state index contributed by atoms with van der Waals surface area (Å²) >= 11 is 7.95. The normalized spacial score (nSPS) is 21.1. The molecule has 2 aromatic rings. The maximum atomic E-state index is 6.21. The zero-order valence-corrected chi connectivity index (χ0v) is 14.3. The van der Waals surface area contributed by atoms with E-state index in [0.717, 1.165) is 55.4 Å². The number of morpholine rings is 1. The molecular formula is C15H18ClN3O2S. The van der Waals surface area contributed by atoms with Gasteiger partial charge in [-0.2, -0.15) is 4.98 Å². The molecule has 0 aromatic carbocycles. The van der Waals surface area contributed by atoms with Gasteiger partial charge in [-0.25, -0.2) is 4.98 Å². The maximum absolute atomic E-state index is 6.21. The van der Waals surface area contributed by atoms with Crippen LogP contribution in [0.5, 0.6) is 0 Å². The van der Waals surface area contributed by atoms with E-state index in [0.29, 0.717) is 5.28 Å². The van der Waals surface area contributed by atoms with Crippen LogP contribution in [-0.2, 0) is 21.5 Å². The summed E-state index contributed by atoms with van der Waals surface area (Å²) in [4.78, 5) is 12.5. The molecular weight excluding hydrogens is 322 g/mol. The molecule has 0 saturated carbocycles. The van der Waals surface area contributed by atoms with E-state index in [1.807, 2.05) is 0 Å². The molecule has 2 aromatic heterocycles. The molecule has 5 nitrogen and oxygen atoms in total. The highest BCUT2D eigenvalue weighted by Crippen LogP contribution is 2.45. The molecule has 0 radical (unpaired) electrons. The number of thiophene rings is 1. The highest BCUT2D eigenvalue weighted by atomic mass is 35.5. The Balaban J connectivity index is 1.92. The highest BCUT2D eigenvalue weighted by Gasteiger charge is 2.34. The molecule has 2 aliphatic rings. The van der Waals surface area contributed by atoms with Crippen molar-refractivity contribution in [3.8, 4) is 0 Å². The van der Waals surface area contributed by atoms with Gasteiger partial charge in [-0.05, 0) is 37.4 Å². The molecule has 22 heavy (non-hydrogen) atoms. The van der Waals surface area contributed by atoms with Crippen LogP contribution in [0.4, 0.5) is 5.82 Å². The minimum atomic E-state index is -0.270. The van der Waals surface area contributed by atoms with Crippen LogP contribution in [0.2, 0.25) is 5.28 Å². The van der Waals surface area contributed by atoms with Crippen molar-refractivity contribution in [2.24, 2.45) is 0 Å². The van der Waals surface area contributed by atoms with E-state index in [9.17, 15) is 0 Å². The lowest BCUT2D eigenvalue weighted by atomic mass is 9.98. The summed E-state index contributed by atoms with van der Waals surface area (Å²) in [6.45, 7) is 8.08. The lowest BCUT2D eigenvalue weighted by Gasteiger charge is -2.29. The Hall–Kier alpha value is -0.950. The molecule has 118 valence electrons. The number of rotatable bonds is 1. The number of ether oxygens (including phenoxy) is 2. The fraction of sp³-hybridized carbons (Fsp3) is 0.600. The van der Waals surface area contributed by atoms with Crippen LogP contribution in [0.15, 0.2) is 0 Å². The number of anilines is 1. The molecule has 0 amide bonds. The quantitative estimate of drug-likeness (QED) is 0.747. The summed E-state index contributed by atoms with van der Waals surface area (Å²) in [6.07, 6.45) is 0.884. The molecule has 0 N–H and O–H groups in total. The van der Waals surface area contributed by atoms with Gasteiger partial charge in [-0.3, -0.25) is 0 Å². The summed E-state index contributed by atoms with van der Waals surface area (Å²) in [5.41, 5.74) is 2.00. The van der Waals surface area contributed by atoms with Crippen LogP contribution in [0.25, 0.3) is 10.2 Å². The molecule has 0 spiro atoms. The van der Waals surface area contributed by atoms with E-state index in [1.165, 1.54) is 10.4 Å². The van der Waals surface area contributed by atoms with Crippen LogP contribution >= 0.6 is 22.9 Å². The second-order valence-electron chi connectivity index (χ2n) is 6.11. The fourth-order valence-corrected chi connectivity index (χ4v) is 4.69. The predicted octanol–water partition coefficient (Wildman–Crippen LogP) is 2.99. The summed E-state index contributed by atoms with van der Waals surface area (Å²) in [7, 11) is 0. The number of aromatic nitrogens is 2. The molecule has 4 rings (SSSR count). The van der Waals surface area contributed by atoms with Gasteiger partial charge in [0, 0.05) is 18.0 Å². The van der Waals surface area contributed by atoms with Gasteiger partial charge < -0.3 is 14.4 Å². The average Bonchev–Trinajstić information content (AvgIpc) is 2.87. The average molecular weight is 340 g/mol. The SMILES string of the molecule is CC1(C)OCCc2c1sc1c(N3CCOCC3)nc(Cl)nc21. The maximum Gasteiger partial charge on any atom is 0.224 e. The lowest BCUT2D eigenvalue weighted by Crippen LogP contribution is -2.36. The topological polar surface area (TPSA) is 47.5 Å². The third-order valence-electron chi connectivity index (χ3n) is 4.26. The van der Waals surface area contributed by atoms with E-state index in [-0.39, 0.29) is 5.60 Å². The smallest absolute Gasteiger partial charge is 0.224 e. The third-order valence-corrected chi connectivity index (χ3v) is 5.95. The predicted molar refractivity (Wildman–Crippen MR) is 88.1 cm³/mol. The first-order chi connectivity index (χ1) is 10.6. The molecule has 4 heterocycles. The summed E-state index contributed by atoms with van der Waals surface area (Å²) < 4.78 is 12.5. The van der Waals surface area contributed by atoms with Crippen LogP contribution in [-0.4, -0.2) is 42.9 Å². The standard InChI is InChI=1S/C15H18ClN3O2S/c1-15(2)12-9(3-6-21-15)10-11(22-12)13(18-14(16)17-10)19-4-7-20-8-5-19/h3-8H2,1-2H3. The van der Waals surface area contributed by atoms with E-state index in [4.69, 9.17) is 21.1 Å². The van der Waals surface area contributed by atoms with Gasteiger partial charge >= 0.3 is 0 Å². The van der Waals surface area contributed by atoms with Crippen LogP contribution in [0, 0.1) is 0 Å². The van der Waals surface area contributed by atoms with E-state index < -0.39 is 0 Å². The van der Waals surface area contributed by atoms with Crippen molar-refractivity contribution in [3.05, 3.63) is 15.7 Å². The highest BCUT2D eigenvalue weighted by molar-refractivity contribution is 7.20. The first-order valence-corrected chi connectivity index (χ1v) is 8.72. The largest absolute Gasteiger partial charge is 0.378 e. The minimum Gasteiger partial charge on any atom is -0.378 e. The molecule has 1 saturated heterocycles. The van der Waals surface area contributed by atoms with Gasteiger partial charge in [-0.15, -0.1) is 11.3 Å². The van der Waals surface area contributed by atoms with Gasteiger partial charge in [0.25, 0.3) is 0 Å². The number of fused-ring (bicyclic) bond motifs is 3. The first kappa shape index (κ1) is 14.6. The van der Waals surface area contributed by atoms with Gasteiger partial charge in [0.15, 0.2) is 5.82 Å². The third kappa shape index (κ3) is 2.29. The number of nitrogens with zero attached hydrogens (tertiary/aromatic N) is 3. The van der Waals surface area contributed by atoms with Crippen molar-refractivity contribution < 1.29 is 9.47 Å². The second kappa shape index (κ2) is 5.30. The van der Waals surface area contributed by atoms with Crippen LogP contribution < -0.4 is 4.90 Å². The summed E-state index contributed by atoms with van der Waals surface area (Å²) in [5.74, 6) is 0.938. The van der Waals surface area contributed by atoms with E-state index in [1.54, 1.807) is 11.3 Å². The lowest BCUT2D eigenvalue weighted by molar-refractivity contribution is -0.0279. The van der Waals surface area contributed by atoms with Crippen molar-refractivity contribution in [2.45, 2.75) is 25.9 Å². The number of halogens is 1. The van der Waals surface area contributed by atoms with Crippen molar-refractivity contribution >= 4 is 39.0 Å². The Morgan fingerprint density at radius 2 is 1.95 bits per heavy atom. The van der Waals surface area contributed by atoms with E-state index in [2.05, 4.69) is 28.7 Å². The Labute approximate surface area is 138 Å². The van der Waals surface area contributed by atoms with Crippen molar-refractivity contribution in [3.63, 3.8) is 0 Å². The van der Waals surface area contributed by atoms with Gasteiger partial charge in [0.1, 0.15) is 0 Å². The monoisotopic (exact) mass is 339 g/mol. The minimum absolute atomic E-state index is 0.270. The molecule has 2 aliphatic heterocycles. The van der Waals surface area contributed by atoms with Crippen molar-refractivity contribution in [1.29, 1.82) is 0 Å². The Morgan fingerprint density at radius 3 is 2.73 bits per heavy atom. The van der Waals surface area contributed by atoms with Crippen LogP contribution in [0.3, 0.4) is 0 Å². The van der Waals surface area contributed by atoms with Gasteiger partial charge in [0.2, 0.25) is 5.28 Å². The summed E-state index contributed by atoms with van der Waals surface area (Å²) in [5, 5.41) is 0.318. The first-order valence-electron chi connectivity index (χ1n) is 7.52. The zero-order valence-electron chi connectivity index (χ0n) is 12.7. The Bertz CT molecular complexity index is 725. The fourth-order valence-electron chi connectivity index (χ4n) is 3.16. The van der Waals surface area contributed by atoms with E-state index >= 15 is 0 Å². The second-order valence-corrected chi connectivity index (χ2v) is 7.47. The van der Waals surface area contributed by atoms with Crippen molar-refractivity contribution in [1.82, 2.24) is 9.97 Å². The summed E-state index contributed by atoms with van der Waals surface area (Å²) in [6, 6.07) is 0. The molecule has 0 atom stereocenters.